The summed E-state index contributed by atoms with van der Waals surface area (Å²) in [6.07, 6.45) is -6.20. The van der Waals surface area contributed by atoms with Gasteiger partial charge in [0.1, 0.15) is 5.69 Å². The van der Waals surface area contributed by atoms with Crippen molar-refractivity contribution in [3.63, 3.8) is 0 Å². The van der Waals surface area contributed by atoms with Crippen LogP contribution >= 0.6 is 11.6 Å². The molecule has 0 aliphatic heterocycles. The number of aryl methyl sites for hydroxylation is 3. The molecule has 0 saturated carbocycles. The van der Waals surface area contributed by atoms with E-state index >= 15 is 0 Å². The quantitative estimate of drug-likeness (QED) is 0.216. The van der Waals surface area contributed by atoms with Crippen molar-refractivity contribution in [3.05, 3.63) is 94.1 Å². The molecule has 0 aliphatic rings. The summed E-state index contributed by atoms with van der Waals surface area (Å²) in [5, 5.41) is 13.6. The van der Waals surface area contributed by atoms with Crippen LogP contribution < -0.4 is 0 Å². The van der Waals surface area contributed by atoms with Gasteiger partial charge in [-0.25, -0.2) is 22.5 Å². The zero-order valence-electron chi connectivity index (χ0n) is 23.1. The number of hydrogen-bond acceptors (Lipinski definition) is 5. The van der Waals surface area contributed by atoms with Crippen molar-refractivity contribution >= 4 is 38.8 Å². The first-order valence-corrected chi connectivity index (χ1v) is 14.7. The van der Waals surface area contributed by atoms with Crippen molar-refractivity contribution in [2.45, 2.75) is 31.3 Å². The third-order valence-corrected chi connectivity index (χ3v) is 9.11. The maximum atomic E-state index is 13.6. The lowest BCUT2D eigenvalue weighted by Crippen LogP contribution is -2.37. The van der Waals surface area contributed by atoms with Crippen molar-refractivity contribution < 1.29 is 31.5 Å². The van der Waals surface area contributed by atoms with Crippen molar-refractivity contribution in [3.8, 4) is 17.2 Å². The van der Waals surface area contributed by atoms with Crippen molar-refractivity contribution in [1.29, 1.82) is 0 Å². The van der Waals surface area contributed by atoms with Gasteiger partial charge in [0.2, 0.25) is 0 Å². The summed E-state index contributed by atoms with van der Waals surface area (Å²) in [6, 6.07) is 16.5. The summed E-state index contributed by atoms with van der Waals surface area (Å²) in [6.45, 7) is 3.29. The van der Waals surface area contributed by atoms with Gasteiger partial charge in [0, 0.05) is 25.0 Å². The zero-order valence-corrected chi connectivity index (χ0v) is 24.7. The minimum absolute atomic E-state index is 0.0671. The van der Waals surface area contributed by atoms with Gasteiger partial charge in [-0.3, -0.25) is 9.25 Å². The third kappa shape index (κ3) is 5.82. The summed E-state index contributed by atoms with van der Waals surface area (Å²) in [7, 11) is -2.56. The highest BCUT2D eigenvalue weighted by Crippen LogP contribution is 2.39. The molecule has 0 radical (unpaired) electrons. The normalized spacial score (nSPS) is 12.2. The van der Waals surface area contributed by atoms with E-state index < -0.39 is 32.9 Å². The molecular weight excluding hydrogens is 607 g/mol. The van der Waals surface area contributed by atoms with Crippen LogP contribution in [0.1, 0.15) is 22.4 Å². The zero-order chi connectivity index (χ0) is 31.3. The minimum atomic E-state index is -4.67. The second kappa shape index (κ2) is 11.0. The van der Waals surface area contributed by atoms with Gasteiger partial charge in [-0.15, -0.1) is 0 Å². The fourth-order valence-corrected chi connectivity index (χ4v) is 6.15. The first-order chi connectivity index (χ1) is 20.2. The number of benzene rings is 3. The number of alkyl halides is 3. The number of carbonyl (C=O) groups is 1. The lowest BCUT2D eigenvalue weighted by Gasteiger charge is -2.19. The van der Waals surface area contributed by atoms with E-state index in [4.69, 9.17) is 11.6 Å². The summed E-state index contributed by atoms with van der Waals surface area (Å²) in [5.74, 6) is 0.295. The molecule has 2 heterocycles. The summed E-state index contributed by atoms with van der Waals surface area (Å²) >= 11 is 6.06. The molecule has 5 aromatic rings. The van der Waals surface area contributed by atoms with Gasteiger partial charge in [-0.05, 0) is 68.3 Å². The second-order valence-electron chi connectivity index (χ2n) is 9.97. The largest absolute Gasteiger partial charge is 0.464 e. The number of fused-ring (bicyclic) bond motifs is 1. The van der Waals surface area contributed by atoms with Gasteiger partial charge in [0.25, 0.3) is 10.0 Å². The van der Waals surface area contributed by atoms with Crippen LogP contribution in [0.4, 0.5) is 18.0 Å². The number of sulfonamides is 1. The van der Waals surface area contributed by atoms with Gasteiger partial charge >= 0.3 is 12.3 Å². The van der Waals surface area contributed by atoms with E-state index in [9.17, 15) is 31.5 Å². The maximum Gasteiger partial charge on any atom is 0.421 e. The smallest absolute Gasteiger partial charge is 0.421 e. The topological polar surface area (TPSA) is 110 Å². The van der Waals surface area contributed by atoms with E-state index in [0.717, 1.165) is 17.3 Å². The molecule has 0 spiro atoms. The fraction of sp³-hybridized carbons (Fsp3) is 0.207. The average Bonchev–Trinajstić information content (AvgIpc) is 3.46. The first kappa shape index (κ1) is 30.1. The molecule has 14 heteroatoms. The Morgan fingerprint density at radius 2 is 1.67 bits per heavy atom. The minimum Gasteiger partial charge on any atom is -0.464 e. The summed E-state index contributed by atoms with van der Waals surface area (Å²) in [4.78, 5) is 16.3. The highest BCUT2D eigenvalue weighted by atomic mass is 35.5. The van der Waals surface area contributed by atoms with E-state index in [-0.39, 0.29) is 23.4 Å². The Hall–Kier alpha value is -4.36. The van der Waals surface area contributed by atoms with E-state index in [1.54, 1.807) is 65.7 Å². The maximum absolute atomic E-state index is 13.6. The number of amides is 1. The number of carboxylic acid groups (broad SMARTS) is 1. The standard InChI is InChI=1S/C29H25ClF3N5O4S/c1-17-4-10-21(11-5-17)43(41,42)37(28(39)40)13-12-19-6-8-20(9-7-19)38-26-16-23(30)22(29(31,32)33)15-24(26)34-27(38)25-14-18(2)36(3)35-25/h4-11,14-16H,12-13H2,1-3H3,(H,39,40). The lowest BCUT2D eigenvalue weighted by molar-refractivity contribution is -0.137. The van der Waals surface area contributed by atoms with E-state index in [1.807, 2.05) is 6.92 Å². The highest BCUT2D eigenvalue weighted by Gasteiger charge is 2.34. The first-order valence-electron chi connectivity index (χ1n) is 12.9. The number of aromatic nitrogens is 4. The molecule has 0 atom stereocenters. The Kier molecular flexibility index (Phi) is 7.73. The predicted molar refractivity (Wildman–Crippen MR) is 155 cm³/mol. The van der Waals surface area contributed by atoms with Crippen molar-refractivity contribution in [2.75, 3.05) is 6.54 Å². The number of hydrogen-bond donors (Lipinski definition) is 1. The Bertz CT molecular complexity index is 1930. The van der Waals surface area contributed by atoms with Crippen LogP contribution in [0, 0.1) is 13.8 Å². The van der Waals surface area contributed by atoms with Crippen molar-refractivity contribution in [1.82, 2.24) is 23.6 Å². The monoisotopic (exact) mass is 631 g/mol. The number of imidazole rings is 1. The molecule has 3 aromatic carbocycles. The molecule has 0 bridgehead atoms. The van der Waals surface area contributed by atoms with Crippen LogP contribution in [0.5, 0.6) is 0 Å². The number of rotatable bonds is 7. The van der Waals surface area contributed by atoms with Gasteiger partial charge in [-0.1, -0.05) is 41.4 Å². The molecule has 43 heavy (non-hydrogen) atoms. The molecular formula is C29H25ClF3N5O4S. The average molecular weight is 632 g/mol. The number of halogens is 4. The molecule has 224 valence electrons. The molecule has 0 aliphatic carbocycles. The molecule has 5 rings (SSSR count). The van der Waals surface area contributed by atoms with Crippen LogP contribution in [0.3, 0.4) is 0 Å². The SMILES string of the molecule is Cc1ccc(S(=O)(=O)N(CCc2ccc(-n3c(-c4cc(C)n(C)n4)nc4cc(C(F)(F)F)c(Cl)cc43)cc2)C(=O)O)cc1. The summed E-state index contributed by atoms with van der Waals surface area (Å²) in [5.41, 5.74) is 2.62. The number of nitrogens with zero attached hydrogens (tertiary/aromatic N) is 5. The molecule has 2 aromatic heterocycles. The Balaban J connectivity index is 1.50. The predicted octanol–water partition coefficient (Wildman–Crippen LogP) is 6.63. The molecule has 0 fully saturated rings. The Labute approximate surface area is 249 Å². The van der Waals surface area contributed by atoms with Gasteiger partial charge in [0.05, 0.1) is 26.5 Å². The molecule has 0 saturated heterocycles. The molecule has 9 nitrogen and oxygen atoms in total. The van der Waals surface area contributed by atoms with Crippen LogP contribution in [-0.4, -0.2) is 49.8 Å². The van der Waals surface area contributed by atoms with Gasteiger partial charge < -0.3 is 5.11 Å². The molecule has 1 amide bonds. The van der Waals surface area contributed by atoms with Crippen LogP contribution in [0.15, 0.2) is 71.6 Å². The van der Waals surface area contributed by atoms with Gasteiger partial charge in [-0.2, -0.15) is 18.3 Å². The van der Waals surface area contributed by atoms with E-state index in [2.05, 4.69) is 10.1 Å². The lowest BCUT2D eigenvalue weighted by atomic mass is 10.1. The van der Waals surface area contributed by atoms with Crippen LogP contribution in [0.25, 0.3) is 28.2 Å². The van der Waals surface area contributed by atoms with Crippen LogP contribution in [0.2, 0.25) is 5.02 Å². The van der Waals surface area contributed by atoms with E-state index in [1.165, 1.54) is 18.2 Å². The third-order valence-electron chi connectivity index (χ3n) is 7.01. The fourth-order valence-electron chi connectivity index (χ4n) is 4.62. The summed E-state index contributed by atoms with van der Waals surface area (Å²) < 4.78 is 70.4. The van der Waals surface area contributed by atoms with Gasteiger partial charge in [0.15, 0.2) is 5.82 Å². The van der Waals surface area contributed by atoms with Crippen molar-refractivity contribution in [2.24, 2.45) is 7.05 Å². The highest BCUT2D eigenvalue weighted by molar-refractivity contribution is 7.89. The molecule has 0 unspecified atom stereocenters. The Morgan fingerprint density at radius 3 is 2.23 bits per heavy atom. The van der Waals surface area contributed by atoms with E-state index in [0.29, 0.717) is 32.6 Å². The Morgan fingerprint density at radius 1 is 1.02 bits per heavy atom. The second-order valence-corrected chi connectivity index (χ2v) is 12.2. The van der Waals surface area contributed by atoms with Crippen LogP contribution in [-0.2, 0) is 29.7 Å². The molecule has 1 N–H and O–H groups in total.